The molecule has 2 heterocycles. The number of hydrogen-bond acceptors (Lipinski definition) is 9. The second kappa shape index (κ2) is 8.92. The van der Waals surface area contributed by atoms with Gasteiger partial charge in [0, 0.05) is 12.2 Å². The van der Waals surface area contributed by atoms with E-state index in [1.165, 1.54) is 23.1 Å². The first-order chi connectivity index (χ1) is 12.3. The van der Waals surface area contributed by atoms with Gasteiger partial charge >= 0.3 is 0 Å². The number of para-hydroxylation sites is 1. The maximum Gasteiger partial charge on any atom is 0.227 e. The van der Waals surface area contributed by atoms with Gasteiger partial charge in [-0.2, -0.15) is 4.68 Å². The number of benzene rings is 1. The van der Waals surface area contributed by atoms with Gasteiger partial charge in [0.1, 0.15) is 0 Å². The predicted molar refractivity (Wildman–Crippen MR) is 99.4 cm³/mol. The maximum absolute atomic E-state index is 12.0. The molecule has 0 saturated carbocycles. The van der Waals surface area contributed by atoms with E-state index in [1.54, 1.807) is 16.4 Å². The molecule has 1 aromatic carbocycles. The first kappa shape index (κ1) is 17.8. The topological polar surface area (TPSA) is 98.5 Å². The van der Waals surface area contributed by atoms with Crippen LogP contribution in [0.4, 0.5) is 5.13 Å². The van der Waals surface area contributed by atoms with Gasteiger partial charge in [-0.3, -0.25) is 4.79 Å². The molecule has 0 aliphatic rings. The van der Waals surface area contributed by atoms with Gasteiger partial charge < -0.3 is 5.32 Å². The minimum Gasteiger partial charge on any atom is -0.300 e. The minimum absolute atomic E-state index is 0.101. The highest BCUT2D eigenvalue weighted by molar-refractivity contribution is 8.01. The lowest BCUT2D eigenvalue weighted by Gasteiger charge is -2.04. The molecule has 0 aliphatic carbocycles. The molecule has 0 bridgehead atoms. The van der Waals surface area contributed by atoms with E-state index in [0.29, 0.717) is 22.5 Å². The Labute approximate surface area is 156 Å². The summed E-state index contributed by atoms with van der Waals surface area (Å²) >= 11 is 4.42. The lowest BCUT2D eigenvalue weighted by Crippen LogP contribution is -2.12. The van der Waals surface area contributed by atoms with Crippen molar-refractivity contribution < 1.29 is 4.79 Å². The first-order valence-corrected chi connectivity index (χ1v) is 10.3. The molecule has 2 aromatic heterocycles. The number of hydrogen-bond donors (Lipinski definition) is 1. The number of thioether (sulfide) groups is 2. The Balaban J connectivity index is 1.50. The van der Waals surface area contributed by atoms with Gasteiger partial charge in [-0.15, -0.1) is 15.3 Å². The van der Waals surface area contributed by atoms with E-state index in [9.17, 15) is 4.79 Å². The van der Waals surface area contributed by atoms with Crippen molar-refractivity contribution in [1.29, 1.82) is 0 Å². The largest absolute Gasteiger partial charge is 0.300 e. The van der Waals surface area contributed by atoms with Crippen molar-refractivity contribution in [2.45, 2.75) is 22.8 Å². The van der Waals surface area contributed by atoms with Gasteiger partial charge in [0.25, 0.3) is 0 Å². The summed E-state index contributed by atoms with van der Waals surface area (Å²) in [7, 11) is 0. The predicted octanol–water partition coefficient (Wildman–Crippen LogP) is 2.75. The summed E-state index contributed by atoms with van der Waals surface area (Å²) in [5.74, 6) is 1.39. The number of tetrazole rings is 1. The van der Waals surface area contributed by atoms with Crippen molar-refractivity contribution in [2.24, 2.45) is 0 Å². The van der Waals surface area contributed by atoms with Gasteiger partial charge in [0.05, 0.1) is 5.69 Å². The van der Waals surface area contributed by atoms with Crippen LogP contribution >= 0.6 is 34.9 Å². The van der Waals surface area contributed by atoms with Gasteiger partial charge in [-0.1, -0.05) is 60.0 Å². The molecule has 3 rings (SSSR count). The number of amides is 1. The molecule has 8 nitrogen and oxygen atoms in total. The van der Waals surface area contributed by atoms with Gasteiger partial charge in [0.2, 0.25) is 16.2 Å². The van der Waals surface area contributed by atoms with Crippen LogP contribution in [0.15, 0.2) is 39.8 Å². The molecule has 11 heteroatoms. The molecule has 0 fully saturated rings. The Morgan fingerprint density at radius 2 is 2.04 bits per heavy atom. The number of nitrogens with one attached hydrogen (secondary N) is 1. The molecule has 0 spiro atoms. The summed E-state index contributed by atoms with van der Waals surface area (Å²) in [6.45, 7) is 2.05. The van der Waals surface area contributed by atoms with Crippen LogP contribution < -0.4 is 5.32 Å². The van der Waals surface area contributed by atoms with Crippen molar-refractivity contribution in [3.05, 3.63) is 30.3 Å². The SMILES string of the molecule is CCSc1nnc(NC(=O)CCSc2nnnn2-c2ccccc2)s1. The Kier molecular flexibility index (Phi) is 6.36. The van der Waals surface area contributed by atoms with Crippen LogP contribution in [0.25, 0.3) is 5.69 Å². The van der Waals surface area contributed by atoms with Gasteiger partial charge in [-0.25, -0.2) is 0 Å². The molecule has 3 aromatic rings. The molecule has 0 unspecified atom stereocenters. The van der Waals surface area contributed by atoms with Crippen LogP contribution in [-0.2, 0) is 4.79 Å². The highest BCUT2D eigenvalue weighted by atomic mass is 32.2. The van der Waals surface area contributed by atoms with Crippen molar-refractivity contribution in [3.63, 3.8) is 0 Å². The Morgan fingerprint density at radius 1 is 1.20 bits per heavy atom. The molecule has 1 N–H and O–H groups in total. The van der Waals surface area contributed by atoms with E-state index in [4.69, 9.17) is 0 Å². The quantitative estimate of drug-likeness (QED) is 0.461. The smallest absolute Gasteiger partial charge is 0.227 e. The Bertz CT molecular complexity index is 821. The zero-order valence-electron chi connectivity index (χ0n) is 13.3. The molecule has 0 atom stereocenters. The molecule has 0 radical (unpaired) electrons. The van der Waals surface area contributed by atoms with Gasteiger partial charge in [-0.05, 0) is 28.3 Å². The summed E-state index contributed by atoms with van der Waals surface area (Å²) < 4.78 is 2.51. The molecule has 25 heavy (non-hydrogen) atoms. The fraction of sp³-hybridized carbons (Fsp3) is 0.286. The fourth-order valence-electron chi connectivity index (χ4n) is 1.86. The summed E-state index contributed by atoms with van der Waals surface area (Å²) in [6.07, 6.45) is 0.335. The van der Waals surface area contributed by atoms with E-state index in [1.807, 2.05) is 37.3 Å². The Hall–Kier alpha value is -1.98. The zero-order chi connectivity index (χ0) is 17.5. The molecule has 0 saturated heterocycles. The van der Waals surface area contributed by atoms with Crippen LogP contribution in [0.3, 0.4) is 0 Å². The van der Waals surface area contributed by atoms with Crippen LogP contribution in [0, 0.1) is 0 Å². The third-order valence-electron chi connectivity index (χ3n) is 2.92. The maximum atomic E-state index is 12.0. The summed E-state index contributed by atoms with van der Waals surface area (Å²) in [6, 6.07) is 9.63. The highest BCUT2D eigenvalue weighted by Gasteiger charge is 2.11. The minimum atomic E-state index is -0.101. The number of rotatable bonds is 8. The third kappa shape index (κ3) is 5.00. The van der Waals surface area contributed by atoms with Gasteiger partial charge in [0.15, 0.2) is 4.34 Å². The lowest BCUT2D eigenvalue weighted by molar-refractivity contribution is -0.115. The van der Waals surface area contributed by atoms with Crippen LogP contribution in [0.2, 0.25) is 0 Å². The first-order valence-electron chi connectivity index (χ1n) is 7.49. The number of nitrogens with zero attached hydrogens (tertiary/aromatic N) is 6. The van der Waals surface area contributed by atoms with E-state index in [2.05, 4.69) is 31.0 Å². The number of carbonyl (C=O) groups is 1. The van der Waals surface area contributed by atoms with E-state index in [-0.39, 0.29) is 5.91 Å². The second-order valence-electron chi connectivity index (χ2n) is 4.66. The van der Waals surface area contributed by atoms with Crippen molar-refractivity contribution in [1.82, 2.24) is 30.4 Å². The molecule has 0 aliphatic heterocycles. The standard InChI is InChI=1S/C14H15N7OS3/c1-2-23-14-18-16-12(25-14)15-11(22)8-9-24-13-17-19-20-21(13)10-6-4-3-5-7-10/h3-7H,2,8-9H2,1H3,(H,15,16,22). The molecule has 130 valence electrons. The van der Waals surface area contributed by atoms with Crippen LogP contribution in [0.5, 0.6) is 0 Å². The summed E-state index contributed by atoms with van der Waals surface area (Å²) in [5, 5.41) is 23.6. The number of aromatic nitrogens is 6. The zero-order valence-corrected chi connectivity index (χ0v) is 15.8. The second-order valence-corrected chi connectivity index (χ2v) is 8.21. The molecular formula is C14H15N7OS3. The normalized spacial score (nSPS) is 10.8. The van der Waals surface area contributed by atoms with E-state index in [0.717, 1.165) is 15.8 Å². The van der Waals surface area contributed by atoms with E-state index >= 15 is 0 Å². The third-order valence-corrected chi connectivity index (χ3v) is 5.70. The van der Waals surface area contributed by atoms with E-state index < -0.39 is 0 Å². The average Bonchev–Trinajstić information content (AvgIpc) is 3.26. The highest BCUT2D eigenvalue weighted by Crippen LogP contribution is 2.25. The van der Waals surface area contributed by atoms with Crippen LogP contribution in [0.1, 0.15) is 13.3 Å². The monoisotopic (exact) mass is 393 g/mol. The average molecular weight is 394 g/mol. The van der Waals surface area contributed by atoms with Crippen molar-refractivity contribution in [3.8, 4) is 5.69 Å². The molecular weight excluding hydrogens is 378 g/mol. The van der Waals surface area contributed by atoms with Crippen LogP contribution in [-0.4, -0.2) is 47.8 Å². The van der Waals surface area contributed by atoms with Crippen molar-refractivity contribution in [2.75, 3.05) is 16.8 Å². The number of anilines is 1. The summed E-state index contributed by atoms with van der Waals surface area (Å²) in [5.41, 5.74) is 0.884. The number of carbonyl (C=O) groups excluding carboxylic acids is 1. The molecule has 1 amide bonds. The van der Waals surface area contributed by atoms with Crippen molar-refractivity contribution >= 4 is 45.9 Å². The fourth-order valence-corrected chi connectivity index (χ4v) is 4.35. The Morgan fingerprint density at radius 3 is 2.84 bits per heavy atom. The lowest BCUT2D eigenvalue weighted by atomic mass is 10.3. The summed E-state index contributed by atoms with van der Waals surface area (Å²) in [4.78, 5) is 12.0.